The molecule has 0 amide bonds. The van der Waals surface area contributed by atoms with Crippen molar-refractivity contribution in [2.45, 2.75) is 38.0 Å². The largest absolute Gasteiger partial charge is 0.551 e. The minimum atomic E-state index is -0.0791. The predicted molar refractivity (Wildman–Crippen MR) is 138 cm³/mol. The maximum Gasteiger partial charge on any atom is 0.431 e. The summed E-state index contributed by atoms with van der Waals surface area (Å²) in [6, 6.07) is 33.0. The van der Waals surface area contributed by atoms with E-state index < -0.39 is 0 Å². The van der Waals surface area contributed by atoms with Crippen molar-refractivity contribution in [1.29, 1.82) is 0 Å². The number of para-hydroxylation sites is 3. The van der Waals surface area contributed by atoms with E-state index in [4.69, 9.17) is 4.65 Å². The Morgan fingerprint density at radius 3 is 2.27 bits per heavy atom. The van der Waals surface area contributed by atoms with Gasteiger partial charge in [-0.05, 0) is 59.6 Å². The van der Waals surface area contributed by atoms with Gasteiger partial charge in [0.05, 0.1) is 0 Å². The molecule has 0 atom stereocenters. The average Bonchev–Trinajstić information content (AvgIpc) is 2.90. The van der Waals surface area contributed by atoms with Gasteiger partial charge in [0.1, 0.15) is 5.75 Å². The van der Waals surface area contributed by atoms with E-state index in [9.17, 15) is 0 Å². The lowest BCUT2D eigenvalue weighted by Crippen LogP contribution is -2.56. The van der Waals surface area contributed by atoms with E-state index in [0.717, 1.165) is 5.75 Å². The van der Waals surface area contributed by atoms with Crippen LogP contribution in [0.5, 0.6) is 5.75 Å². The molecule has 3 heteroatoms. The maximum atomic E-state index is 7.01. The highest BCUT2D eigenvalue weighted by Crippen LogP contribution is 2.47. The van der Waals surface area contributed by atoms with Crippen LogP contribution in [0.15, 0.2) is 91.0 Å². The van der Waals surface area contributed by atoms with Gasteiger partial charge >= 0.3 is 6.92 Å². The topological polar surface area (TPSA) is 12.5 Å². The summed E-state index contributed by atoms with van der Waals surface area (Å²) in [5.74, 6) is 1.72. The molecule has 1 fully saturated rings. The van der Waals surface area contributed by atoms with Gasteiger partial charge in [0, 0.05) is 28.1 Å². The van der Waals surface area contributed by atoms with Gasteiger partial charge in [-0.3, -0.25) is 0 Å². The van der Waals surface area contributed by atoms with Crippen LogP contribution >= 0.6 is 0 Å². The van der Waals surface area contributed by atoms with Gasteiger partial charge < -0.3 is 9.55 Å². The number of benzene rings is 4. The van der Waals surface area contributed by atoms with Crippen molar-refractivity contribution >= 4 is 34.9 Å². The maximum absolute atomic E-state index is 7.01. The van der Waals surface area contributed by atoms with Crippen molar-refractivity contribution in [2.75, 3.05) is 4.90 Å². The fraction of sp³-hybridized carbons (Fsp3) is 0.200. The molecule has 0 aromatic heterocycles. The fourth-order valence-corrected chi connectivity index (χ4v) is 6.19. The summed E-state index contributed by atoms with van der Waals surface area (Å²) in [5, 5.41) is 0. The van der Waals surface area contributed by atoms with Crippen LogP contribution in [0.3, 0.4) is 0 Å². The van der Waals surface area contributed by atoms with Gasteiger partial charge in [0.25, 0.3) is 0 Å². The Morgan fingerprint density at radius 2 is 1.39 bits per heavy atom. The lowest BCUT2D eigenvalue weighted by atomic mass is 9.49. The molecular weight excluding hydrogens is 401 g/mol. The number of fused-ring (bicyclic) bond motifs is 4. The first-order valence-corrected chi connectivity index (χ1v) is 12.3. The molecule has 0 bridgehead atoms. The summed E-state index contributed by atoms with van der Waals surface area (Å²) in [4.78, 5) is 2.39. The molecule has 2 heterocycles. The summed E-state index contributed by atoms with van der Waals surface area (Å²) < 4.78 is 7.01. The number of nitrogens with zero attached hydrogens (tertiary/aromatic N) is 1. The molecule has 4 aromatic rings. The van der Waals surface area contributed by atoms with Gasteiger partial charge in [-0.15, -0.1) is 0 Å². The van der Waals surface area contributed by atoms with E-state index in [0.29, 0.717) is 5.92 Å². The third-order valence-electron chi connectivity index (χ3n) is 7.68. The Bertz CT molecular complexity index is 1340. The molecule has 2 aliphatic heterocycles. The highest BCUT2D eigenvalue weighted by molar-refractivity contribution is 6.85. The summed E-state index contributed by atoms with van der Waals surface area (Å²) in [5.41, 5.74) is 10.1. The third kappa shape index (κ3) is 2.88. The van der Waals surface area contributed by atoms with Gasteiger partial charge in [0.2, 0.25) is 0 Å². The van der Waals surface area contributed by atoms with E-state index in [1.54, 1.807) is 0 Å². The van der Waals surface area contributed by atoms with E-state index in [2.05, 4.69) is 95.9 Å². The second kappa shape index (κ2) is 7.55. The summed E-state index contributed by atoms with van der Waals surface area (Å²) >= 11 is 0. The van der Waals surface area contributed by atoms with Crippen molar-refractivity contribution in [3.8, 4) is 16.9 Å². The molecule has 0 unspecified atom stereocenters. The summed E-state index contributed by atoms with van der Waals surface area (Å²) in [7, 11) is 0. The first kappa shape index (κ1) is 19.1. The Hall–Kier alpha value is -3.46. The lowest BCUT2D eigenvalue weighted by molar-refractivity contribution is 0.434. The quantitative estimate of drug-likeness (QED) is 0.331. The van der Waals surface area contributed by atoms with E-state index in [1.807, 2.05) is 0 Å². The second-order valence-electron chi connectivity index (χ2n) is 9.52. The number of hydrogen-bond acceptors (Lipinski definition) is 2. The zero-order valence-corrected chi connectivity index (χ0v) is 18.7. The zero-order chi connectivity index (χ0) is 21.8. The standard InChI is InChI=1S/C30H26BNO/c1-3-11-21(12-4-1)23-15-9-17-25-24-16-10-20-28-29(24)31(33-30(23)25)26-18-7-8-19-27(26)32(28)22-13-5-2-6-14-22/h2,5-10,13-21H,1,3-4,11-12H2. The highest BCUT2D eigenvalue weighted by atomic mass is 16.4. The Balaban J connectivity index is 1.47. The SMILES string of the molecule is c1ccc(N2c3ccccc3B3Oc4c(cccc4C4CCCCC4)-c4cccc2c43)cc1. The minimum absolute atomic E-state index is 0.0791. The van der Waals surface area contributed by atoms with E-state index >= 15 is 0 Å². The molecule has 33 heavy (non-hydrogen) atoms. The predicted octanol–water partition coefficient (Wildman–Crippen LogP) is 6.68. The first-order valence-electron chi connectivity index (χ1n) is 12.3. The van der Waals surface area contributed by atoms with E-state index in [-0.39, 0.29) is 6.92 Å². The zero-order valence-electron chi connectivity index (χ0n) is 18.7. The average molecular weight is 427 g/mol. The van der Waals surface area contributed by atoms with Crippen molar-refractivity contribution in [3.05, 3.63) is 96.6 Å². The molecule has 0 radical (unpaired) electrons. The molecule has 0 saturated heterocycles. The smallest absolute Gasteiger partial charge is 0.431 e. The van der Waals surface area contributed by atoms with E-state index in [1.165, 1.54) is 76.8 Å². The van der Waals surface area contributed by atoms with Crippen LogP contribution in [0, 0.1) is 0 Å². The Kier molecular flexibility index (Phi) is 4.36. The highest BCUT2D eigenvalue weighted by Gasteiger charge is 2.42. The molecule has 7 rings (SSSR count). The van der Waals surface area contributed by atoms with Crippen molar-refractivity contribution in [2.24, 2.45) is 0 Å². The van der Waals surface area contributed by atoms with Gasteiger partial charge in [-0.1, -0.05) is 86.0 Å². The number of hydrogen-bond donors (Lipinski definition) is 0. The molecular formula is C30H26BNO. The normalized spacial score (nSPS) is 16.5. The van der Waals surface area contributed by atoms with Crippen LogP contribution in [-0.2, 0) is 0 Å². The van der Waals surface area contributed by atoms with Crippen LogP contribution in [-0.4, -0.2) is 6.92 Å². The molecule has 0 spiro atoms. The van der Waals surface area contributed by atoms with Crippen LogP contribution < -0.4 is 20.5 Å². The van der Waals surface area contributed by atoms with Crippen molar-refractivity contribution < 1.29 is 4.65 Å². The molecule has 1 aliphatic carbocycles. The third-order valence-corrected chi connectivity index (χ3v) is 7.68. The summed E-state index contributed by atoms with van der Waals surface area (Å²) in [6.07, 6.45) is 6.57. The van der Waals surface area contributed by atoms with Crippen molar-refractivity contribution in [1.82, 2.24) is 0 Å². The summed E-state index contributed by atoms with van der Waals surface area (Å²) in [6.45, 7) is -0.0791. The van der Waals surface area contributed by atoms with Crippen molar-refractivity contribution in [3.63, 3.8) is 0 Å². The van der Waals surface area contributed by atoms with Crippen LogP contribution in [0.4, 0.5) is 17.1 Å². The second-order valence-corrected chi connectivity index (χ2v) is 9.52. The number of anilines is 3. The molecule has 3 aliphatic rings. The Labute approximate surface area is 196 Å². The minimum Gasteiger partial charge on any atom is -0.551 e. The Morgan fingerprint density at radius 1 is 0.667 bits per heavy atom. The number of rotatable bonds is 2. The molecule has 2 nitrogen and oxygen atoms in total. The fourth-order valence-electron chi connectivity index (χ4n) is 6.19. The lowest BCUT2D eigenvalue weighted by Gasteiger charge is -2.40. The van der Waals surface area contributed by atoms with Crippen LogP contribution in [0.25, 0.3) is 11.1 Å². The van der Waals surface area contributed by atoms with Gasteiger partial charge in [-0.2, -0.15) is 0 Å². The first-order chi connectivity index (χ1) is 16.4. The molecule has 4 aromatic carbocycles. The molecule has 1 saturated carbocycles. The van der Waals surface area contributed by atoms with Gasteiger partial charge in [-0.25, -0.2) is 0 Å². The molecule has 160 valence electrons. The van der Waals surface area contributed by atoms with Crippen LogP contribution in [0.2, 0.25) is 0 Å². The van der Waals surface area contributed by atoms with Gasteiger partial charge in [0.15, 0.2) is 0 Å². The van der Waals surface area contributed by atoms with Crippen LogP contribution in [0.1, 0.15) is 43.6 Å². The molecule has 0 N–H and O–H groups in total. The monoisotopic (exact) mass is 427 g/mol.